The fraction of sp³-hybridized carbons (Fsp3) is 0.641. The number of carbonyl (C=O) groups excluding carboxylic acids is 1. The third-order valence-electron chi connectivity index (χ3n) is 9.86. The Balaban J connectivity index is 1.65. The zero-order valence-corrected chi connectivity index (χ0v) is 35.8. The molecule has 292 valence electrons. The van der Waals surface area contributed by atoms with Crippen molar-refractivity contribution in [2.24, 2.45) is 0 Å². The molecule has 2 unspecified atom stereocenters. The van der Waals surface area contributed by atoms with Crippen LogP contribution in [0.1, 0.15) is 70.6 Å². The Morgan fingerprint density at radius 1 is 0.981 bits per heavy atom. The molecule has 0 radical (unpaired) electrons. The van der Waals surface area contributed by atoms with Gasteiger partial charge in [0.05, 0.1) is 24.1 Å². The number of piperidine rings is 1. The smallest absolute Gasteiger partial charge is 0.410 e. The average molecular weight is 766 g/mol. The first-order chi connectivity index (χ1) is 24.8. The number of aromatic nitrogens is 4. The monoisotopic (exact) mass is 765 g/mol. The predicted molar refractivity (Wildman–Crippen MR) is 219 cm³/mol. The van der Waals surface area contributed by atoms with Gasteiger partial charge in [-0.1, -0.05) is 45.9 Å². The summed E-state index contributed by atoms with van der Waals surface area (Å²) in [5.74, 6) is 1.76. The molecule has 0 saturated carbocycles. The van der Waals surface area contributed by atoms with Gasteiger partial charge in [-0.05, 0) is 77.6 Å². The van der Waals surface area contributed by atoms with E-state index in [1.54, 1.807) is 12.3 Å². The second kappa shape index (κ2) is 16.5. The Morgan fingerprint density at radius 2 is 1.58 bits per heavy atom. The number of nitrogens with two attached hydrogens (primary N) is 1. The summed E-state index contributed by atoms with van der Waals surface area (Å²) in [6.45, 7) is 28.7. The maximum Gasteiger partial charge on any atom is 0.410 e. The summed E-state index contributed by atoms with van der Waals surface area (Å²) in [6.07, 6.45) is 6.70. The summed E-state index contributed by atoms with van der Waals surface area (Å²) in [5, 5.41) is 4.96. The van der Waals surface area contributed by atoms with Gasteiger partial charge in [0.25, 0.3) is 0 Å². The molecule has 3 aromatic rings. The van der Waals surface area contributed by atoms with Crippen LogP contribution < -0.4 is 10.6 Å². The number of hydrogen-bond donors (Lipinski definition) is 1. The van der Waals surface area contributed by atoms with Crippen molar-refractivity contribution in [1.82, 2.24) is 24.5 Å². The highest BCUT2D eigenvalue weighted by Crippen LogP contribution is 2.47. The highest BCUT2D eigenvalue weighted by molar-refractivity contribution is 6.76. The molecule has 2 aliphatic rings. The van der Waals surface area contributed by atoms with Crippen molar-refractivity contribution >= 4 is 45.3 Å². The minimum absolute atomic E-state index is 0.0249. The Hall–Kier alpha value is -3.47. The quantitative estimate of drug-likeness (QED) is 0.0656. The number of anilines is 2. The van der Waals surface area contributed by atoms with E-state index in [1.165, 1.54) is 0 Å². The largest absolute Gasteiger partial charge is 0.494 e. The van der Waals surface area contributed by atoms with E-state index in [-0.39, 0.29) is 24.1 Å². The number of pyridine rings is 1. The highest BCUT2D eigenvalue weighted by atomic mass is 28.3. The van der Waals surface area contributed by atoms with Crippen LogP contribution in [0.3, 0.4) is 0 Å². The van der Waals surface area contributed by atoms with E-state index in [4.69, 9.17) is 34.8 Å². The van der Waals surface area contributed by atoms with Crippen LogP contribution in [0.5, 0.6) is 0 Å². The molecule has 5 rings (SSSR count). The molecule has 2 fully saturated rings. The molecule has 0 aromatic carbocycles. The van der Waals surface area contributed by atoms with Crippen molar-refractivity contribution in [2.75, 3.05) is 43.9 Å². The van der Waals surface area contributed by atoms with Crippen LogP contribution in [0.4, 0.5) is 16.4 Å². The zero-order valence-electron chi connectivity index (χ0n) is 33.8. The first kappa shape index (κ1) is 40.7. The summed E-state index contributed by atoms with van der Waals surface area (Å²) in [4.78, 5) is 27.4. The van der Waals surface area contributed by atoms with Crippen LogP contribution in [-0.2, 0) is 18.9 Å². The first-order valence-electron chi connectivity index (χ1n) is 19.2. The van der Waals surface area contributed by atoms with Gasteiger partial charge < -0.3 is 34.5 Å². The number of hydrogen-bond acceptors (Lipinski definition) is 10. The van der Waals surface area contributed by atoms with Gasteiger partial charge in [0.1, 0.15) is 36.5 Å². The Kier molecular flexibility index (Phi) is 12.7. The number of amides is 1. The minimum Gasteiger partial charge on any atom is -0.494 e. The van der Waals surface area contributed by atoms with Gasteiger partial charge in [-0.25, -0.2) is 14.8 Å². The van der Waals surface area contributed by atoms with Crippen molar-refractivity contribution in [2.45, 2.75) is 128 Å². The van der Waals surface area contributed by atoms with E-state index in [9.17, 15) is 4.79 Å². The zero-order chi connectivity index (χ0) is 38.7. The summed E-state index contributed by atoms with van der Waals surface area (Å²) in [5.41, 5.74) is 9.48. The van der Waals surface area contributed by atoms with Gasteiger partial charge >= 0.3 is 6.09 Å². The standard InChI is InChI=1S/C39H63N7O5Si2/c1-12-50-27(2)34-35(29-21-30-14-15-31(22-29)45(30)38(47)51-39(3,4)5)43-36-32(28-13-16-33(40)41-23-28)24-42-46(36)37(34)44(25-48-17-19-52(6,7)8)26-49-18-20-53(9,10)11/h13,16,23-24,29-31H,2,12,14-15,17-22,25-26H2,1,3-11H3,(H2,40,41)/t29?,30-,31?/m0/s1. The summed E-state index contributed by atoms with van der Waals surface area (Å²) >= 11 is 0. The summed E-state index contributed by atoms with van der Waals surface area (Å²) in [7, 11) is -2.66. The normalized spacial score (nSPS) is 19.1. The lowest BCUT2D eigenvalue weighted by Gasteiger charge is -2.40. The molecule has 2 saturated heterocycles. The molecule has 5 heterocycles. The first-order valence-corrected chi connectivity index (χ1v) is 26.6. The molecule has 14 heteroatoms. The molecule has 3 aromatic heterocycles. The number of nitrogen functional groups attached to an aromatic ring is 1. The summed E-state index contributed by atoms with van der Waals surface area (Å²) < 4.78 is 26.9. The number of rotatable bonds is 16. The van der Waals surface area contributed by atoms with Gasteiger partial charge in [-0.15, -0.1) is 0 Å². The topological polar surface area (TPSA) is 130 Å². The fourth-order valence-corrected chi connectivity index (χ4v) is 8.66. The lowest BCUT2D eigenvalue weighted by atomic mass is 9.85. The van der Waals surface area contributed by atoms with Crippen LogP contribution in [0.25, 0.3) is 22.5 Å². The van der Waals surface area contributed by atoms with Gasteiger partial charge in [0.2, 0.25) is 0 Å². The van der Waals surface area contributed by atoms with Crippen LogP contribution in [0.2, 0.25) is 51.4 Å². The number of nitrogens with zero attached hydrogens (tertiary/aromatic N) is 6. The molecule has 3 atom stereocenters. The Labute approximate surface area is 318 Å². The van der Waals surface area contributed by atoms with Crippen molar-refractivity contribution < 1.29 is 23.7 Å². The third kappa shape index (κ3) is 10.4. The Morgan fingerprint density at radius 3 is 2.09 bits per heavy atom. The number of ether oxygens (including phenoxy) is 4. The molecule has 2 aliphatic heterocycles. The summed E-state index contributed by atoms with van der Waals surface area (Å²) in [6, 6.07) is 5.91. The van der Waals surface area contributed by atoms with Gasteiger partial charge in [-0.3, -0.25) is 0 Å². The van der Waals surface area contributed by atoms with Crippen LogP contribution in [-0.4, -0.2) is 97.7 Å². The second-order valence-corrected chi connectivity index (χ2v) is 29.2. The third-order valence-corrected chi connectivity index (χ3v) is 13.3. The maximum atomic E-state index is 13.5. The Bertz CT molecular complexity index is 1690. The van der Waals surface area contributed by atoms with Crippen molar-refractivity contribution in [1.29, 1.82) is 0 Å². The number of carbonyl (C=O) groups is 1. The molecule has 0 aliphatic carbocycles. The van der Waals surface area contributed by atoms with E-state index in [1.807, 2.05) is 49.4 Å². The van der Waals surface area contributed by atoms with Crippen LogP contribution >= 0.6 is 0 Å². The van der Waals surface area contributed by atoms with Crippen LogP contribution in [0.15, 0.2) is 31.1 Å². The molecule has 2 bridgehead atoms. The molecule has 2 N–H and O–H groups in total. The van der Waals surface area contributed by atoms with Crippen molar-refractivity contribution in [3.05, 3.63) is 42.4 Å². The molecular formula is C39H63N7O5Si2. The number of fused-ring (bicyclic) bond motifs is 3. The minimum atomic E-state index is -1.33. The van der Waals surface area contributed by atoms with Crippen molar-refractivity contribution in [3.8, 4) is 11.1 Å². The lowest BCUT2D eigenvalue weighted by molar-refractivity contribution is 0.00566. The highest BCUT2D eigenvalue weighted by Gasteiger charge is 2.46. The molecule has 12 nitrogen and oxygen atoms in total. The molecule has 1 amide bonds. The molecule has 53 heavy (non-hydrogen) atoms. The van der Waals surface area contributed by atoms with E-state index in [0.717, 1.165) is 66.0 Å². The van der Waals surface area contributed by atoms with E-state index in [0.29, 0.717) is 50.5 Å². The average Bonchev–Trinajstić information content (AvgIpc) is 3.59. The van der Waals surface area contributed by atoms with E-state index in [2.05, 4.69) is 55.7 Å². The molecule has 0 spiro atoms. The molecular weight excluding hydrogens is 703 g/mol. The second-order valence-electron chi connectivity index (χ2n) is 18.0. The van der Waals surface area contributed by atoms with Crippen LogP contribution in [0, 0.1) is 0 Å². The fourth-order valence-electron chi connectivity index (χ4n) is 7.14. The van der Waals surface area contributed by atoms with Gasteiger partial charge in [-0.2, -0.15) is 9.61 Å². The van der Waals surface area contributed by atoms with Gasteiger partial charge in [0.15, 0.2) is 5.65 Å². The SMILES string of the molecule is C=C(OCC)c1c(C2CC3CC[C@@H](C2)N3C(=O)OC(C)(C)C)nc2c(-c3ccc(N)nc3)cnn2c1N(COCC[Si](C)(C)C)COCC[Si](C)(C)C. The maximum absolute atomic E-state index is 13.5. The van der Waals surface area contributed by atoms with E-state index < -0.39 is 21.7 Å². The predicted octanol–water partition coefficient (Wildman–Crippen LogP) is 8.46. The van der Waals surface area contributed by atoms with Gasteiger partial charge in [0, 0.05) is 64.7 Å². The lowest BCUT2D eigenvalue weighted by Crippen LogP contribution is -2.48. The van der Waals surface area contributed by atoms with E-state index >= 15 is 0 Å². The van der Waals surface area contributed by atoms with Crippen molar-refractivity contribution in [3.63, 3.8) is 0 Å².